The van der Waals surface area contributed by atoms with E-state index in [0.717, 1.165) is 64.2 Å². The highest BCUT2D eigenvalue weighted by atomic mass is 16.5. The summed E-state index contributed by atoms with van der Waals surface area (Å²) in [5, 5.41) is 17.0. The zero-order valence-electron chi connectivity index (χ0n) is 27.1. The fourth-order valence-electron chi connectivity index (χ4n) is 4.43. The van der Waals surface area contributed by atoms with Gasteiger partial charge in [0.25, 0.3) is 0 Å². The first kappa shape index (κ1) is 42.0. The highest BCUT2D eigenvalue weighted by molar-refractivity contribution is 5.69. The van der Waals surface area contributed by atoms with Gasteiger partial charge in [0.05, 0.1) is 13.2 Å². The maximum Gasteiger partial charge on any atom is 0.305 e. The molecule has 0 spiro atoms. The van der Waals surface area contributed by atoms with Crippen LogP contribution in [0.15, 0.2) is 0 Å². The van der Waals surface area contributed by atoms with E-state index in [1.54, 1.807) is 0 Å². The molecular weight excluding hydrogens is 536 g/mol. The molecule has 0 saturated carbocycles. The summed E-state index contributed by atoms with van der Waals surface area (Å²) in [6.45, 7) is 5.52. The van der Waals surface area contributed by atoms with Crippen LogP contribution in [0.4, 0.5) is 0 Å². The van der Waals surface area contributed by atoms with Crippen molar-refractivity contribution in [1.82, 2.24) is 0 Å². The van der Waals surface area contributed by atoms with Crippen LogP contribution >= 0.6 is 0 Å². The third-order valence-corrected chi connectivity index (χ3v) is 7.06. The Morgan fingerprint density at radius 3 is 0.952 bits per heavy atom. The molecule has 0 aromatic heterocycles. The van der Waals surface area contributed by atoms with Crippen LogP contribution in [0.25, 0.3) is 0 Å². The average molecular weight is 601 g/mol. The third-order valence-electron chi connectivity index (χ3n) is 7.06. The van der Waals surface area contributed by atoms with Gasteiger partial charge in [0.15, 0.2) is 0 Å². The number of carbonyl (C=O) groups is 4. The van der Waals surface area contributed by atoms with Crippen molar-refractivity contribution in [1.29, 1.82) is 0 Å². The molecule has 0 amide bonds. The summed E-state index contributed by atoms with van der Waals surface area (Å²) < 4.78 is 10.4. The first-order valence-corrected chi connectivity index (χ1v) is 17.1. The standard InChI is InChI=1S/2C17H32O4/c2*1-2-3-4-5-6-9-12-15-21-17(20)14-11-8-7-10-13-16(18)19/h2*2-15H2,1H3,(H,18,19). The van der Waals surface area contributed by atoms with Gasteiger partial charge >= 0.3 is 23.9 Å². The molecule has 0 saturated heterocycles. The molecule has 0 aliphatic rings. The van der Waals surface area contributed by atoms with Crippen molar-refractivity contribution in [3.8, 4) is 0 Å². The van der Waals surface area contributed by atoms with E-state index in [2.05, 4.69) is 13.8 Å². The highest BCUT2D eigenvalue weighted by Gasteiger charge is 2.04. The summed E-state index contributed by atoms with van der Waals surface area (Å²) in [5.74, 6) is -1.72. The number of ether oxygens (including phenoxy) is 2. The predicted molar refractivity (Wildman–Crippen MR) is 169 cm³/mol. The number of carboxylic acid groups (broad SMARTS) is 2. The van der Waals surface area contributed by atoms with Crippen molar-refractivity contribution in [3.05, 3.63) is 0 Å². The number of hydrogen-bond acceptors (Lipinski definition) is 6. The van der Waals surface area contributed by atoms with Gasteiger partial charge in [-0.15, -0.1) is 0 Å². The molecule has 248 valence electrons. The molecule has 0 radical (unpaired) electrons. The Balaban J connectivity index is 0. The summed E-state index contributed by atoms with van der Waals surface area (Å²) in [6.07, 6.45) is 25.0. The van der Waals surface area contributed by atoms with Crippen LogP contribution in [0.2, 0.25) is 0 Å². The molecule has 0 rings (SSSR count). The van der Waals surface area contributed by atoms with E-state index in [1.807, 2.05) is 0 Å². The van der Waals surface area contributed by atoms with Crippen molar-refractivity contribution < 1.29 is 38.9 Å². The van der Waals surface area contributed by atoms with Gasteiger partial charge in [0, 0.05) is 25.7 Å². The summed E-state index contributed by atoms with van der Waals surface area (Å²) in [6, 6.07) is 0. The van der Waals surface area contributed by atoms with E-state index >= 15 is 0 Å². The number of carbonyl (C=O) groups excluding carboxylic acids is 2. The number of carboxylic acids is 2. The van der Waals surface area contributed by atoms with E-state index in [0.29, 0.717) is 38.9 Å². The van der Waals surface area contributed by atoms with Crippen LogP contribution in [0.3, 0.4) is 0 Å². The topological polar surface area (TPSA) is 127 Å². The molecule has 42 heavy (non-hydrogen) atoms. The molecular formula is C34H64O8. The quantitative estimate of drug-likeness (QED) is 0.0616. The maximum atomic E-state index is 11.4. The molecule has 0 aromatic rings. The molecule has 8 nitrogen and oxygen atoms in total. The molecule has 0 bridgehead atoms. The molecule has 2 N–H and O–H groups in total. The lowest BCUT2D eigenvalue weighted by atomic mass is 10.1. The van der Waals surface area contributed by atoms with E-state index < -0.39 is 11.9 Å². The second-order valence-corrected chi connectivity index (χ2v) is 11.3. The van der Waals surface area contributed by atoms with Crippen molar-refractivity contribution in [3.63, 3.8) is 0 Å². The number of rotatable bonds is 30. The van der Waals surface area contributed by atoms with Gasteiger partial charge in [-0.25, -0.2) is 0 Å². The van der Waals surface area contributed by atoms with Gasteiger partial charge in [0.2, 0.25) is 0 Å². The maximum absolute atomic E-state index is 11.4. The van der Waals surface area contributed by atoms with Gasteiger partial charge < -0.3 is 19.7 Å². The molecule has 0 aliphatic heterocycles. The minimum absolute atomic E-state index is 0.112. The van der Waals surface area contributed by atoms with Crippen LogP contribution in [-0.2, 0) is 28.7 Å². The number of aliphatic carboxylic acids is 2. The van der Waals surface area contributed by atoms with E-state index in [1.165, 1.54) is 64.2 Å². The van der Waals surface area contributed by atoms with E-state index in [9.17, 15) is 19.2 Å². The largest absolute Gasteiger partial charge is 0.481 e. The monoisotopic (exact) mass is 600 g/mol. The summed E-state index contributed by atoms with van der Waals surface area (Å²) >= 11 is 0. The zero-order chi connectivity index (χ0) is 31.5. The second-order valence-electron chi connectivity index (χ2n) is 11.3. The molecule has 0 heterocycles. The van der Waals surface area contributed by atoms with Gasteiger partial charge in [-0.3, -0.25) is 19.2 Å². The van der Waals surface area contributed by atoms with Crippen LogP contribution in [0.1, 0.15) is 181 Å². The Morgan fingerprint density at radius 1 is 0.381 bits per heavy atom. The Morgan fingerprint density at radius 2 is 0.643 bits per heavy atom. The highest BCUT2D eigenvalue weighted by Crippen LogP contribution is 2.10. The number of unbranched alkanes of at least 4 members (excludes halogenated alkanes) is 18. The van der Waals surface area contributed by atoms with Crippen molar-refractivity contribution in [2.45, 2.75) is 181 Å². The van der Waals surface area contributed by atoms with Crippen molar-refractivity contribution in [2.24, 2.45) is 0 Å². The molecule has 0 atom stereocenters. The zero-order valence-corrected chi connectivity index (χ0v) is 27.1. The van der Waals surface area contributed by atoms with Gasteiger partial charge in [0.1, 0.15) is 0 Å². The average Bonchev–Trinajstić information content (AvgIpc) is 2.95. The lowest BCUT2D eigenvalue weighted by Crippen LogP contribution is -2.05. The Kier molecular flexibility index (Phi) is 35.1. The fourth-order valence-corrected chi connectivity index (χ4v) is 4.43. The van der Waals surface area contributed by atoms with E-state index in [4.69, 9.17) is 19.7 Å². The fraction of sp³-hybridized carbons (Fsp3) is 0.882. The minimum Gasteiger partial charge on any atom is -0.481 e. The third kappa shape index (κ3) is 40.0. The lowest BCUT2D eigenvalue weighted by molar-refractivity contribution is -0.144. The summed E-state index contributed by atoms with van der Waals surface area (Å²) in [4.78, 5) is 43.5. The first-order valence-electron chi connectivity index (χ1n) is 17.1. The first-order chi connectivity index (χ1) is 20.3. The molecule has 8 heteroatoms. The molecule has 0 aliphatic carbocycles. The Hall–Kier alpha value is -2.12. The Bertz CT molecular complexity index is 581. The van der Waals surface area contributed by atoms with Crippen LogP contribution in [-0.4, -0.2) is 47.3 Å². The van der Waals surface area contributed by atoms with Crippen molar-refractivity contribution >= 4 is 23.9 Å². The van der Waals surface area contributed by atoms with Gasteiger partial charge in [-0.2, -0.15) is 0 Å². The Labute approximate surface area is 256 Å². The van der Waals surface area contributed by atoms with E-state index in [-0.39, 0.29) is 24.8 Å². The normalized spacial score (nSPS) is 10.5. The van der Waals surface area contributed by atoms with Crippen molar-refractivity contribution in [2.75, 3.05) is 13.2 Å². The SMILES string of the molecule is CCCCCCCCCOC(=O)CCCCCCC(=O)O.CCCCCCCCCOC(=O)CCCCCCC(=O)O. The lowest BCUT2D eigenvalue weighted by Gasteiger charge is -2.05. The smallest absolute Gasteiger partial charge is 0.305 e. The molecule has 0 aromatic carbocycles. The number of esters is 2. The predicted octanol–water partition coefficient (Wildman–Crippen LogP) is 9.41. The number of hydrogen-bond donors (Lipinski definition) is 2. The second kappa shape index (κ2) is 35.1. The summed E-state index contributed by atoms with van der Waals surface area (Å²) in [5.41, 5.74) is 0. The van der Waals surface area contributed by atoms with Gasteiger partial charge in [-0.05, 0) is 38.5 Å². The summed E-state index contributed by atoms with van der Waals surface area (Å²) in [7, 11) is 0. The van der Waals surface area contributed by atoms with Gasteiger partial charge in [-0.1, -0.05) is 117 Å². The minimum atomic E-state index is -0.746. The van der Waals surface area contributed by atoms with Crippen LogP contribution in [0.5, 0.6) is 0 Å². The van der Waals surface area contributed by atoms with Crippen LogP contribution < -0.4 is 0 Å². The van der Waals surface area contributed by atoms with Crippen LogP contribution in [0, 0.1) is 0 Å². The molecule has 0 fully saturated rings. The molecule has 0 unspecified atom stereocenters.